The molecule has 0 saturated heterocycles. The van der Waals surface area contributed by atoms with Gasteiger partial charge in [-0.25, -0.2) is 4.79 Å². The van der Waals surface area contributed by atoms with Crippen molar-refractivity contribution in [1.82, 2.24) is 10.3 Å². The van der Waals surface area contributed by atoms with Crippen LogP contribution in [0.15, 0.2) is 54.7 Å². The fourth-order valence-corrected chi connectivity index (χ4v) is 3.34. The summed E-state index contributed by atoms with van der Waals surface area (Å²) in [5.74, 6) is -1.02. The lowest BCUT2D eigenvalue weighted by Gasteiger charge is -2.18. The number of pyridine rings is 1. The molecule has 1 N–H and O–H groups in total. The van der Waals surface area contributed by atoms with Crippen LogP contribution < -0.4 is 5.32 Å². The summed E-state index contributed by atoms with van der Waals surface area (Å²) in [4.78, 5) is 29.3. The number of benzene rings is 2. The number of aromatic nitrogens is 1. The monoisotopic (exact) mass is 402 g/mol. The van der Waals surface area contributed by atoms with Gasteiger partial charge in [0.25, 0.3) is 5.91 Å². The van der Waals surface area contributed by atoms with Crippen LogP contribution in [0.2, 0.25) is 10.0 Å². The summed E-state index contributed by atoms with van der Waals surface area (Å²) in [6, 6.07) is 13.0. The summed E-state index contributed by atoms with van der Waals surface area (Å²) in [5, 5.41) is 4.36. The summed E-state index contributed by atoms with van der Waals surface area (Å²) >= 11 is 12.4. The zero-order valence-electron chi connectivity index (χ0n) is 14.4. The number of hydrogen-bond donors (Lipinski definition) is 1. The lowest BCUT2D eigenvalue weighted by Crippen LogP contribution is -2.43. The van der Waals surface area contributed by atoms with Gasteiger partial charge in [-0.05, 0) is 29.8 Å². The van der Waals surface area contributed by atoms with E-state index < -0.39 is 17.9 Å². The van der Waals surface area contributed by atoms with E-state index in [1.807, 2.05) is 12.1 Å². The third-order valence-corrected chi connectivity index (χ3v) is 4.85. The Labute approximate surface area is 166 Å². The molecule has 0 aliphatic rings. The lowest BCUT2D eigenvalue weighted by molar-refractivity contribution is -0.142. The molecule has 1 heterocycles. The fourth-order valence-electron chi connectivity index (χ4n) is 2.79. The van der Waals surface area contributed by atoms with Gasteiger partial charge in [0.1, 0.15) is 6.04 Å². The molecular weight excluding hydrogens is 387 g/mol. The van der Waals surface area contributed by atoms with Crippen molar-refractivity contribution in [2.24, 2.45) is 0 Å². The molecule has 0 spiro atoms. The quantitative estimate of drug-likeness (QED) is 0.653. The summed E-state index contributed by atoms with van der Waals surface area (Å²) < 4.78 is 4.83. The first-order chi connectivity index (χ1) is 13.0. The third-order valence-electron chi connectivity index (χ3n) is 4.14. The number of carbonyl (C=O) groups is 2. The van der Waals surface area contributed by atoms with Gasteiger partial charge in [0.05, 0.1) is 18.2 Å². The largest absolute Gasteiger partial charge is 0.467 e. The second kappa shape index (κ2) is 8.37. The van der Waals surface area contributed by atoms with E-state index in [2.05, 4.69) is 10.3 Å². The normalized spacial score (nSPS) is 11.8. The lowest BCUT2D eigenvalue weighted by atomic mass is 10.0. The number of fused-ring (bicyclic) bond motifs is 1. The Hall–Kier alpha value is -2.63. The van der Waals surface area contributed by atoms with Crippen molar-refractivity contribution >= 4 is 46.0 Å². The van der Waals surface area contributed by atoms with Crippen molar-refractivity contribution < 1.29 is 14.3 Å². The van der Waals surface area contributed by atoms with Crippen LogP contribution in [-0.4, -0.2) is 30.0 Å². The van der Waals surface area contributed by atoms with Crippen LogP contribution >= 0.6 is 23.2 Å². The molecule has 3 aromatic rings. The van der Waals surface area contributed by atoms with E-state index in [1.54, 1.807) is 42.6 Å². The van der Waals surface area contributed by atoms with Crippen LogP contribution in [0.4, 0.5) is 0 Å². The van der Waals surface area contributed by atoms with Gasteiger partial charge < -0.3 is 10.1 Å². The molecule has 3 rings (SSSR count). The second-order valence-electron chi connectivity index (χ2n) is 5.83. The number of hydrogen-bond acceptors (Lipinski definition) is 4. The summed E-state index contributed by atoms with van der Waals surface area (Å²) in [6.45, 7) is 0. The van der Waals surface area contributed by atoms with Crippen molar-refractivity contribution in [2.45, 2.75) is 12.5 Å². The van der Waals surface area contributed by atoms with E-state index in [4.69, 9.17) is 27.9 Å². The number of para-hydroxylation sites is 1. The van der Waals surface area contributed by atoms with E-state index in [9.17, 15) is 9.59 Å². The molecule has 27 heavy (non-hydrogen) atoms. The Kier molecular flexibility index (Phi) is 5.94. The maximum absolute atomic E-state index is 12.8. The molecule has 0 fully saturated rings. The number of carbonyl (C=O) groups excluding carboxylic acids is 2. The molecule has 1 aromatic heterocycles. The number of esters is 1. The van der Waals surface area contributed by atoms with Crippen LogP contribution in [-0.2, 0) is 16.0 Å². The Balaban J connectivity index is 1.90. The van der Waals surface area contributed by atoms with Gasteiger partial charge in [0.2, 0.25) is 0 Å². The van der Waals surface area contributed by atoms with Gasteiger partial charge in [0.15, 0.2) is 0 Å². The molecule has 0 bridgehead atoms. The first kappa shape index (κ1) is 19.1. The molecule has 0 aliphatic carbocycles. The molecule has 0 unspecified atom stereocenters. The second-order valence-corrected chi connectivity index (χ2v) is 6.65. The predicted molar refractivity (Wildman–Crippen MR) is 105 cm³/mol. The molecular formula is C20H16Cl2N2O3. The minimum Gasteiger partial charge on any atom is -0.467 e. The number of ether oxygens (including phenoxy) is 1. The van der Waals surface area contributed by atoms with Crippen LogP contribution in [0.25, 0.3) is 10.9 Å². The van der Waals surface area contributed by atoms with Gasteiger partial charge in [-0.15, -0.1) is 0 Å². The number of nitrogens with zero attached hydrogens (tertiary/aromatic N) is 1. The van der Waals surface area contributed by atoms with Crippen molar-refractivity contribution in [3.8, 4) is 0 Å². The standard InChI is InChI=1S/C20H16Cl2N2O3/c1-27-20(26)17(11-14-15(21)8-3-9-16(14)22)24-19(25)13-7-2-5-12-6-4-10-23-18(12)13/h2-10,17H,11H2,1H3,(H,24,25)/t17-/m1/s1. The van der Waals surface area contributed by atoms with Crippen LogP contribution in [0.3, 0.4) is 0 Å². The molecule has 5 nitrogen and oxygen atoms in total. The summed E-state index contributed by atoms with van der Waals surface area (Å²) in [5.41, 5.74) is 1.48. The molecule has 1 amide bonds. The van der Waals surface area contributed by atoms with Crippen molar-refractivity contribution in [2.75, 3.05) is 7.11 Å². The van der Waals surface area contributed by atoms with Crippen molar-refractivity contribution in [3.05, 3.63) is 75.9 Å². The molecule has 0 saturated carbocycles. The van der Waals surface area contributed by atoms with Gasteiger partial charge in [-0.1, -0.05) is 47.5 Å². The molecule has 1 atom stereocenters. The number of nitrogens with one attached hydrogen (secondary N) is 1. The van der Waals surface area contributed by atoms with Crippen molar-refractivity contribution in [3.63, 3.8) is 0 Å². The van der Waals surface area contributed by atoms with Crippen LogP contribution in [0.1, 0.15) is 15.9 Å². The Morgan fingerprint density at radius 2 is 1.74 bits per heavy atom. The summed E-state index contributed by atoms with van der Waals surface area (Å²) in [7, 11) is 1.26. The highest BCUT2D eigenvalue weighted by Crippen LogP contribution is 2.26. The minimum absolute atomic E-state index is 0.106. The van der Waals surface area contributed by atoms with Crippen LogP contribution in [0, 0.1) is 0 Å². The maximum atomic E-state index is 12.8. The smallest absolute Gasteiger partial charge is 0.328 e. The van der Waals surface area contributed by atoms with Gasteiger partial charge in [-0.3, -0.25) is 9.78 Å². The zero-order valence-corrected chi connectivity index (χ0v) is 15.9. The number of halogens is 2. The fraction of sp³-hybridized carbons (Fsp3) is 0.150. The molecule has 2 aromatic carbocycles. The molecule has 7 heteroatoms. The van der Waals surface area contributed by atoms with E-state index in [-0.39, 0.29) is 6.42 Å². The topological polar surface area (TPSA) is 68.3 Å². The Morgan fingerprint density at radius 1 is 1.07 bits per heavy atom. The Morgan fingerprint density at radius 3 is 2.44 bits per heavy atom. The zero-order chi connectivity index (χ0) is 19.4. The number of rotatable bonds is 5. The average Bonchev–Trinajstić information content (AvgIpc) is 2.68. The van der Waals surface area contributed by atoms with E-state index in [0.29, 0.717) is 26.7 Å². The van der Waals surface area contributed by atoms with Crippen LogP contribution in [0.5, 0.6) is 0 Å². The molecule has 0 radical (unpaired) electrons. The molecule has 0 aliphatic heterocycles. The van der Waals surface area contributed by atoms with Gasteiger partial charge >= 0.3 is 5.97 Å². The predicted octanol–water partition coefficient (Wildman–Crippen LogP) is 4.06. The van der Waals surface area contributed by atoms with Crippen molar-refractivity contribution in [1.29, 1.82) is 0 Å². The Bertz CT molecular complexity index is 982. The molecule has 138 valence electrons. The van der Waals surface area contributed by atoms with Gasteiger partial charge in [-0.2, -0.15) is 0 Å². The average molecular weight is 403 g/mol. The highest BCUT2D eigenvalue weighted by Gasteiger charge is 2.25. The number of amides is 1. The highest BCUT2D eigenvalue weighted by molar-refractivity contribution is 6.36. The third kappa shape index (κ3) is 4.21. The van der Waals surface area contributed by atoms with E-state index in [0.717, 1.165) is 5.39 Å². The number of methoxy groups -OCH3 is 1. The SMILES string of the molecule is COC(=O)[C@@H](Cc1c(Cl)cccc1Cl)NC(=O)c1cccc2cccnc12. The summed E-state index contributed by atoms with van der Waals surface area (Å²) in [6.07, 6.45) is 1.72. The van der Waals surface area contributed by atoms with E-state index >= 15 is 0 Å². The first-order valence-electron chi connectivity index (χ1n) is 8.16. The minimum atomic E-state index is -0.945. The maximum Gasteiger partial charge on any atom is 0.328 e. The van der Waals surface area contributed by atoms with Gasteiger partial charge in [0, 0.05) is 28.0 Å². The van der Waals surface area contributed by atoms with E-state index in [1.165, 1.54) is 7.11 Å². The highest BCUT2D eigenvalue weighted by atomic mass is 35.5. The first-order valence-corrected chi connectivity index (χ1v) is 8.92.